The highest BCUT2D eigenvalue weighted by molar-refractivity contribution is 6.20. The molecule has 18 heavy (non-hydrogen) atoms. The molecule has 0 spiro atoms. The maximum Gasteiger partial charge on any atom is 0.364 e. The van der Waals surface area contributed by atoms with E-state index in [1.54, 1.807) is 6.07 Å². The van der Waals surface area contributed by atoms with Gasteiger partial charge in [0.25, 0.3) is 0 Å². The fourth-order valence-corrected chi connectivity index (χ4v) is 2.54. The van der Waals surface area contributed by atoms with Gasteiger partial charge in [-0.3, -0.25) is 0 Å². The first-order chi connectivity index (χ1) is 8.72. The highest BCUT2D eigenvalue weighted by Gasteiger charge is 2.19. The minimum absolute atomic E-state index is 0.301. The summed E-state index contributed by atoms with van der Waals surface area (Å²) in [5.74, 6) is 0.698. The Morgan fingerprint density at radius 2 is 2.11 bits per heavy atom. The van der Waals surface area contributed by atoms with Crippen molar-refractivity contribution in [1.82, 2.24) is 19.8 Å². The van der Waals surface area contributed by atoms with Crippen molar-refractivity contribution in [3.05, 3.63) is 22.6 Å². The number of nitrogens with zero attached hydrogens (tertiary/aromatic N) is 3. The van der Waals surface area contributed by atoms with Gasteiger partial charge in [0.1, 0.15) is 5.82 Å². The maximum atomic E-state index is 11.4. The Bertz CT molecular complexity index is 599. The number of hydrogen-bond donors (Lipinski definition) is 2. The first-order valence-corrected chi connectivity index (χ1v) is 6.51. The van der Waals surface area contributed by atoms with E-state index in [0.29, 0.717) is 22.9 Å². The van der Waals surface area contributed by atoms with Crippen molar-refractivity contribution >= 4 is 23.1 Å². The van der Waals surface area contributed by atoms with E-state index in [1.807, 2.05) is 6.07 Å². The summed E-state index contributed by atoms with van der Waals surface area (Å²) in [7, 11) is 0. The SMILES string of the molecule is O=c1[nH]nc2ccc(NC3CCC(Cl)CC3)nn12. The third-order valence-electron chi connectivity index (χ3n) is 3.28. The molecule has 1 aliphatic carbocycles. The van der Waals surface area contributed by atoms with Gasteiger partial charge in [-0.15, -0.1) is 16.7 Å². The van der Waals surface area contributed by atoms with Gasteiger partial charge in [0.15, 0.2) is 5.65 Å². The van der Waals surface area contributed by atoms with Crippen molar-refractivity contribution in [2.75, 3.05) is 5.32 Å². The first kappa shape index (κ1) is 11.5. The number of halogens is 1. The predicted molar refractivity (Wildman–Crippen MR) is 69.1 cm³/mol. The Morgan fingerprint density at radius 3 is 2.89 bits per heavy atom. The molecule has 2 aromatic heterocycles. The summed E-state index contributed by atoms with van der Waals surface area (Å²) in [4.78, 5) is 11.4. The Morgan fingerprint density at radius 1 is 1.33 bits per heavy atom. The van der Waals surface area contributed by atoms with Crippen LogP contribution in [0, 0.1) is 0 Å². The monoisotopic (exact) mass is 267 g/mol. The molecule has 0 saturated heterocycles. The van der Waals surface area contributed by atoms with Crippen LogP contribution in [-0.2, 0) is 0 Å². The van der Waals surface area contributed by atoms with E-state index in [2.05, 4.69) is 20.6 Å². The summed E-state index contributed by atoms with van der Waals surface area (Å²) in [5, 5.41) is 14.1. The van der Waals surface area contributed by atoms with Gasteiger partial charge < -0.3 is 5.32 Å². The Balaban J connectivity index is 1.78. The quantitative estimate of drug-likeness (QED) is 0.806. The van der Waals surface area contributed by atoms with Crippen LogP contribution in [0.15, 0.2) is 16.9 Å². The van der Waals surface area contributed by atoms with E-state index in [9.17, 15) is 4.79 Å². The molecule has 7 heteroatoms. The summed E-state index contributed by atoms with van der Waals surface area (Å²) in [6.07, 6.45) is 4.11. The molecule has 96 valence electrons. The van der Waals surface area contributed by atoms with Crippen LogP contribution >= 0.6 is 11.6 Å². The van der Waals surface area contributed by atoms with E-state index >= 15 is 0 Å². The van der Waals surface area contributed by atoms with Crippen molar-refractivity contribution in [3.8, 4) is 0 Å². The largest absolute Gasteiger partial charge is 0.366 e. The number of fused-ring (bicyclic) bond motifs is 1. The third-order valence-corrected chi connectivity index (χ3v) is 3.72. The van der Waals surface area contributed by atoms with Crippen molar-refractivity contribution < 1.29 is 0 Å². The second-order valence-corrected chi connectivity index (χ2v) is 5.23. The van der Waals surface area contributed by atoms with Crippen LogP contribution in [0.4, 0.5) is 5.82 Å². The molecule has 0 unspecified atom stereocenters. The second kappa shape index (κ2) is 4.61. The zero-order chi connectivity index (χ0) is 12.5. The number of nitrogens with one attached hydrogen (secondary N) is 2. The highest BCUT2D eigenvalue weighted by atomic mass is 35.5. The van der Waals surface area contributed by atoms with Gasteiger partial charge in [-0.25, -0.2) is 9.89 Å². The van der Waals surface area contributed by atoms with Crippen molar-refractivity contribution in [3.63, 3.8) is 0 Å². The predicted octanol–water partition coefficient (Wildman–Crippen LogP) is 1.38. The molecule has 1 fully saturated rings. The van der Waals surface area contributed by atoms with E-state index in [0.717, 1.165) is 25.7 Å². The molecule has 6 nitrogen and oxygen atoms in total. The molecule has 2 N–H and O–H groups in total. The van der Waals surface area contributed by atoms with Crippen molar-refractivity contribution in [2.45, 2.75) is 37.1 Å². The molecular weight excluding hydrogens is 254 g/mol. The molecule has 0 atom stereocenters. The number of aromatic nitrogens is 4. The summed E-state index contributed by atoms with van der Waals surface area (Å²) in [6.45, 7) is 0. The number of aromatic amines is 1. The van der Waals surface area contributed by atoms with Gasteiger partial charge in [0.05, 0.1) is 0 Å². The number of hydrogen-bond acceptors (Lipinski definition) is 4. The molecule has 0 aromatic carbocycles. The molecule has 0 radical (unpaired) electrons. The summed E-state index contributed by atoms with van der Waals surface area (Å²) < 4.78 is 1.26. The molecule has 0 bridgehead atoms. The third kappa shape index (κ3) is 2.20. The molecule has 1 saturated carbocycles. The Hall–Kier alpha value is -1.56. The topological polar surface area (TPSA) is 75.1 Å². The summed E-state index contributed by atoms with van der Waals surface area (Å²) in [5.41, 5.74) is 0.202. The van der Waals surface area contributed by atoms with Crippen LogP contribution in [0.2, 0.25) is 0 Å². The highest BCUT2D eigenvalue weighted by Crippen LogP contribution is 2.24. The maximum absolute atomic E-state index is 11.4. The molecule has 2 heterocycles. The van der Waals surface area contributed by atoms with Crippen LogP contribution in [0.1, 0.15) is 25.7 Å². The lowest BCUT2D eigenvalue weighted by Gasteiger charge is -2.26. The molecule has 3 rings (SSSR count). The molecule has 2 aromatic rings. The molecular formula is C11H14ClN5O. The number of H-pyrrole nitrogens is 1. The van der Waals surface area contributed by atoms with Crippen molar-refractivity contribution in [1.29, 1.82) is 0 Å². The van der Waals surface area contributed by atoms with Gasteiger partial charge in [-0.1, -0.05) is 0 Å². The van der Waals surface area contributed by atoms with Gasteiger partial charge in [-0.2, -0.15) is 9.61 Å². The average Bonchev–Trinajstić information content (AvgIpc) is 2.74. The minimum Gasteiger partial charge on any atom is -0.366 e. The Labute approximate surface area is 108 Å². The normalized spacial score (nSPS) is 24.3. The lowest BCUT2D eigenvalue weighted by Crippen LogP contribution is -2.27. The molecule has 0 amide bonds. The zero-order valence-corrected chi connectivity index (χ0v) is 10.5. The number of alkyl halides is 1. The second-order valence-electron chi connectivity index (χ2n) is 4.61. The number of rotatable bonds is 2. The Kier molecular flexibility index (Phi) is 2.95. The summed E-state index contributed by atoms with van der Waals surface area (Å²) in [6, 6.07) is 3.98. The van der Waals surface area contributed by atoms with Gasteiger partial charge >= 0.3 is 5.69 Å². The van der Waals surface area contributed by atoms with Crippen LogP contribution in [-0.4, -0.2) is 31.2 Å². The molecule has 0 aliphatic heterocycles. The van der Waals surface area contributed by atoms with E-state index in [1.165, 1.54) is 4.52 Å². The van der Waals surface area contributed by atoms with Crippen LogP contribution in [0.5, 0.6) is 0 Å². The van der Waals surface area contributed by atoms with E-state index in [4.69, 9.17) is 11.6 Å². The fraction of sp³-hybridized carbons (Fsp3) is 0.545. The van der Waals surface area contributed by atoms with Gasteiger partial charge in [0, 0.05) is 11.4 Å². The van der Waals surface area contributed by atoms with Crippen molar-refractivity contribution in [2.24, 2.45) is 0 Å². The van der Waals surface area contributed by atoms with Crippen LogP contribution < -0.4 is 11.0 Å². The van der Waals surface area contributed by atoms with Gasteiger partial charge in [-0.05, 0) is 37.8 Å². The van der Waals surface area contributed by atoms with Crippen LogP contribution in [0.25, 0.3) is 5.65 Å². The lowest BCUT2D eigenvalue weighted by atomic mass is 9.95. The van der Waals surface area contributed by atoms with E-state index < -0.39 is 0 Å². The smallest absolute Gasteiger partial charge is 0.364 e. The first-order valence-electron chi connectivity index (χ1n) is 6.07. The average molecular weight is 268 g/mol. The summed E-state index contributed by atoms with van der Waals surface area (Å²) >= 11 is 6.07. The zero-order valence-electron chi connectivity index (χ0n) is 9.77. The molecule has 1 aliphatic rings. The lowest BCUT2D eigenvalue weighted by molar-refractivity contribution is 0.467. The number of anilines is 1. The van der Waals surface area contributed by atoms with Gasteiger partial charge in [0.2, 0.25) is 0 Å². The minimum atomic E-state index is -0.321. The fourth-order valence-electron chi connectivity index (χ4n) is 2.29. The standard InChI is InChI=1S/C11H14ClN5O/c12-7-1-3-8(4-2-7)13-9-5-6-10-14-15-11(18)17(10)16-9/h5-8H,1-4H2,(H,13,16)(H,15,18). The van der Waals surface area contributed by atoms with E-state index in [-0.39, 0.29) is 5.69 Å². The van der Waals surface area contributed by atoms with Crippen LogP contribution in [0.3, 0.4) is 0 Å².